The molecule has 3 nitrogen and oxygen atoms in total. The SMILES string of the molecule is CCc1ccc(N2C=C(C)CN2)nc1. The second-order valence-electron chi connectivity index (χ2n) is 3.56. The Balaban J connectivity index is 2.17. The van der Waals surface area contributed by atoms with Crippen LogP contribution in [-0.4, -0.2) is 11.5 Å². The van der Waals surface area contributed by atoms with Crippen molar-refractivity contribution in [2.75, 3.05) is 11.6 Å². The highest BCUT2D eigenvalue weighted by atomic mass is 15.5. The lowest BCUT2D eigenvalue weighted by atomic mass is 10.2. The van der Waals surface area contributed by atoms with Crippen LogP contribution in [0.1, 0.15) is 19.4 Å². The van der Waals surface area contributed by atoms with Gasteiger partial charge in [0.15, 0.2) is 0 Å². The Hall–Kier alpha value is -1.35. The van der Waals surface area contributed by atoms with Crippen LogP contribution in [0.4, 0.5) is 5.82 Å². The minimum absolute atomic E-state index is 0.914. The maximum absolute atomic E-state index is 4.38. The fourth-order valence-electron chi connectivity index (χ4n) is 1.44. The van der Waals surface area contributed by atoms with Crippen molar-refractivity contribution in [1.82, 2.24) is 10.4 Å². The molecular formula is C11H15N3. The third kappa shape index (κ3) is 1.77. The van der Waals surface area contributed by atoms with Crippen molar-refractivity contribution in [3.05, 3.63) is 35.7 Å². The highest BCUT2D eigenvalue weighted by Crippen LogP contribution is 2.14. The van der Waals surface area contributed by atoms with Crippen LogP contribution >= 0.6 is 0 Å². The number of hydrogen-bond donors (Lipinski definition) is 1. The summed E-state index contributed by atoms with van der Waals surface area (Å²) in [5.41, 5.74) is 5.84. The Labute approximate surface area is 84.4 Å². The van der Waals surface area contributed by atoms with E-state index in [9.17, 15) is 0 Å². The molecule has 1 aliphatic rings. The number of hydrazine groups is 1. The van der Waals surface area contributed by atoms with Crippen molar-refractivity contribution in [3.8, 4) is 0 Å². The van der Waals surface area contributed by atoms with Gasteiger partial charge in [-0.15, -0.1) is 0 Å². The van der Waals surface area contributed by atoms with Crippen molar-refractivity contribution in [3.63, 3.8) is 0 Å². The Morgan fingerprint density at radius 1 is 1.50 bits per heavy atom. The van der Waals surface area contributed by atoms with Gasteiger partial charge in [-0.05, 0) is 30.5 Å². The van der Waals surface area contributed by atoms with Gasteiger partial charge in [-0.3, -0.25) is 5.01 Å². The van der Waals surface area contributed by atoms with Crippen LogP contribution in [0.25, 0.3) is 0 Å². The van der Waals surface area contributed by atoms with Crippen molar-refractivity contribution in [1.29, 1.82) is 0 Å². The molecule has 0 aliphatic carbocycles. The molecule has 0 unspecified atom stereocenters. The summed E-state index contributed by atoms with van der Waals surface area (Å²) in [7, 11) is 0. The van der Waals surface area contributed by atoms with Gasteiger partial charge in [0.2, 0.25) is 0 Å². The topological polar surface area (TPSA) is 28.2 Å². The third-order valence-electron chi connectivity index (χ3n) is 2.34. The molecule has 2 rings (SSSR count). The van der Waals surface area contributed by atoms with Gasteiger partial charge in [-0.25, -0.2) is 10.4 Å². The van der Waals surface area contributed by atoms with Crippen LogP contribution in [0.15, 0.2) is 30.1 Å². The molecule has 1 aliphatic heterocycles. The quantitative estimate of drug-likeness (QED) is 0.769. The van der Waals surface area contributed by atoms with Gasteiger partial charge < -0.3 is 0 Å². The largest absolute Gasteiger partial charge is 0.267 e. The molecule has 3 heteroatoms. The van der Waals surface area contributed by atoms with Crippen molar-refractivity contribution in [2.45, 2.75) is 20.3 Å². The van der Waals surface area contributed by atoms with Gasteiger partial charge in [0.25, 0.3) is 0 Å². The number of pyridine rings is 1. The second kappa shape index (κ2) is 3.80. The van der Waals surface area contributed by atoms with Gasteiger partial charge in [-0.2, -0.15) is 0 Å². The van der Waals surface area contributed by atoms with Gasteiger partial charge >= 0.3 is 0 Å². The fraction of sp³-hybridized carbons (Fsp3) is 0.364. The Morgan fingerprint density at radius 2 is 2.36 bits per heavy atom. The molecule has 1 N–H and O–H groups in total. The summed E-state index contributed by atoms with van der Waals surface area (Å²) in [4.78, 5) is 4.38. The van der Waals surface area contributed by atoms with E-state index in [0.717, 1.165) is 18.8 Å². The van der Waals surface area contributed by atoms with Crippen LogP contribution in [-0.2, 0) is 6.42 Å². The Kier molecular flexibility index (Phi) is 2.50. The molecule has 0 bridgehead atoms. The first kappa shape index (κ1) is 9.21. The molecule has 0 spiro atoms. The predicted octanol–water partition coefficient (Wildman–Crippen LogP) is 1.87. The van der Waals surface area contributed by atoms with Crippen LogP contribution in [0.3, 0.4) is 0 Å². The lowest BCUT2D eigenvalue weighted by Gasteiger charge is -2.14. The van der Waals surface area contributed by atoms with Crippen molar-refractivity contribution < 1.29 is 0 Å². The zero-order valence-electron chi connectivity index (χ0n) is 8.62. The molecule has 0 atom stereocenters. The minimum atomic E-state index is 0.914. The number of nitrogens with one attached hydrogen (secondary N) is 1. The first-order valence-corrected chi connectivity index (χ1v) is 4.94. The summed E-state index contributed by atoms with van der Waals surface area (Å²) in [5, 5.41) is 1.97. The van der Waals surface area contributed by atoms with Gasteiger partial charge in [-0.1, -0.05) is 13.0 Å². The summed E-state index contributed by atoms with van der Waals surface area (Å²) < 4.78 is 0. The molecule has 0 saturated carbocycles. The van der Waals surface area contributed by atoms with E-state index >= 15 is 0 Å². The number of aryl methyl sites for hydroxylation is 1. The van der Waals surface area contributed by atoms with Gasteiger partial charge in [0.05, 0.1) is 0 Å². The van der Waals surface area contributed by atoms with Gasteiger partial charge in [0.1, 0.15) is 5.82 Å². The number of rotatable bonds is 2. The van der Waals surface area contributed by atoms with Gasteiger partial charge in [0, 0.05) is 18.9 Å². The average Bonchev–Trinajstić information content (AvgIpc) is 2.65. The van der Waals surface area contributed by atoms with E-state index in [1.807, 2.05) is 17.3 Å². The number of aromatic nitrogens is 1. The van der Waals surface area contributed by atoms with E-state index in [1.54, 1.807) is 0 Å². The standard InChI is InChI=1S/C11H15N3/c1-3-10-4-5-11(12-7-10)14-8-9(2)6-13-14/h4-5,7-8,13H,3,6H2,1-2H3. The molecule has 0 amide bonds. The van der Waals surface area contributed by atoms with Crippen LogP contribution < -0.4 is 10.4 Å². The maximum atomic E-state index is 4.38. The van der Waals surface area contributed by atoms with E-state index in [-0.39, 0.29) is 0 Å². The van der Waals surface area contributed by atoms with E-state index in [2.05, 4.69) is 36.5 Å². The summed E-state index contributed by atoms with van der Waals surface area (Å²) in [6, 6.07) is 4.16. The zero-order valence-corrected chi connectivity index (χ0v) is 8.62. The molecule has 1 aromatic rings. The molecule has 0 aromatic carbocycles. The summed E-state index contributed by atoms with van der Waals surface area (Å²) >= 11 is 0. The lowest BCUT2D eigenvalue weighted by molar-refractivity contribution is 0.791. The minimum Gasteiger partial charge on any atom is -0.267 e. The highest BCUT2D eigenvalue weighted by molar-refractivity contribution is 5.44. The third-order valence-corrected chi connectivity index (χ3v) is 2.34. The molecule has 0 radical (unpaired) electrons. The predicted molar refractivity (Wildman–Crippen MR) is 57.9 cm³/mol. The first-order chi connectivity index (χ1) is 6.79. The Morgan fingerprint density at radius 3 is 2.86 bits per heavy atom. The lowest BCUT2D eigenvalue weighted by Crippen LogP contribution is -2.29. The van der Waals surface area contributed by atoms with Crippen LogP contribution in [0.5, 0.6) is 0 Å². The monoisotopic (exact) mass is 189 g/mol. The molecule has 0 fully saturated rings. The first-order valence-electron chi connectivity index (χ1n) is 4.94. The number of hydrogen-bond acceptors (Lipinski definition) is 3. The fourth-order valence-corrected chi connectivity index (χ4v) is 1.44. The van der Waals surface area contributed by atoms with E-state index in [0.29, 0.717) is 0 Å². The van der Waals surface area contributed by atoms with E-state index < -0.39 is 0 Å². The summed E-state index contributed by atoms with van der Waals surface area (Å²) in [5.74, 6) is 0.957. The second-order valence-corrected chi connectivity index (χ2v) is 3.56. The number of nitrogens with zero attached hydrogens (tertiary/aromatic N) is 2. The highest BCUT2D eigenvalue weighted by Gasteiger charge is 2.10. The summed E-state index contributed by atoms with van der Waals surface area (Å²) in [6.45, 7) is 5.15. The molecule has 14 heavy (non-hydrogen) atoms. The number of anilines is 1. The summed E-state index contributed by atoms with van der Waals surface area (Å²) in [6.07, 6.45) is 5.04. The molecule has 2 heterocycles. The van der Waals surface area contributed by atoms with E-state index in [4.69, 9.17) is 0 Å². The molecule has 1 aromatic heterocycles. The zero-order chi connectivity index (χ0) is 9.97. The molecule has 74 valence electrons. The average molecular weight is 189 g/mol. The van der Waals surface area contributed by atoms with E-state index in [1.165, 1.54) is 11.1 Å². The smallest absolute Gasteiger partial charge is 0.146 e. The van der Waals surface area contributed by atoms with Crippen LogP contribution in [0.2, 0.25) is 0 Å². The normalized spacial score (nSPS) is 15.9. The van der Waals surface area contributed by atoms with Crippen molar-refractivity contribution >= 4 is 5.82 Å². The van der Waals surface area contributed by atoms with Crippen molar-refractivity contribution in [2.24, 2.45) is 0 Å². The van der Waals surface area contributed by atoms with Crippen LogP contribution in [0, 0.1) is 0 Å². The Bertz CT molecular complexity index is 340. The maximum Gasteiger partial charge on any atom is 0.146 e. The molecule has 0 saturated heterocycles. The molecular weight excluding hydrogens is 174 g/mol.